The zero-order valence-electron chi connectivity index (χ0n) is 38.5. The van der Waals surface area contributed by atoms with Crippen molar-refractivity contribution in [2.45, 2.75) is 142 Å². The fraction of sp³-hybridized carbons (Fsp3) is 0.371. The van der Waals surface area contributed by atoms with Crippen molar-refractivity contribution in [2.75, 3.05) is 0 Å². The minimum Gasteiger partial charge on any atom is -0.112 e. The van der Waals surface area contributed by atoms with E-state index in [9.17, 15) is 0 Å². The van der Waals surface area contributed by atoms with E-state index in [4.69, 9.17) is 0 Å². The SMILES string of the molecule is CC(C)Cc1ccc2c(c1)C13c4c5c6c7c8c9c%10c%11c%12c%13c%14c%15c(c%16c%13c%10c7c4-%16)C1(S2)C1C%15C2c4c7c%10c%13c%15c%16c%17c%18c%19c%20c%21c%22c%23c(c4c4c%22c%19c%16c%104)C2C%14C%12C%23C%21C%11C9C%20C%18C8C6C%17C%15C5C3C%13C71. The number of fused-ring (bicyclic) bond motifs is 1. The van der Waals surface area contributed by atoms with Gasteiger partial charge in [-0.3, -0.25) is 0 Å². The van der Waals surface area contributed by atoms with E-state index in [0.717, 1.165) is 0 Å². The molecule has 0 bridgehead atoms. The molecule has 1 fully saturated rings. The summed E-state index contributed by atoms with van der Waals surface area (Å²) in [5.41, 5.74) is 48.2. The van der Waals surface area contributed by atoms with Gasteiger partial charge in [-0.05, 0) is 356 Å². The van der Waals surface area contributed by atoms with Crippen molar-refractivity contribution in [1.29, 1.82) is 0 Å². The smallest absolute Gasteiger partial charge is 0.0645 e. The summed E-state index contributed by atoms with van der Waals surface area (Å²) >= 11 is 2.59. The maximum Gasteiger partial charge on any atom is 0.0645 e. The van der Waals surface area contributed by atoms with E-state index in [-0.39, 0.29) is 10.2 Å². The topological polar surface area (TPSA) is 0 Å². The molecule has 22 aliphatic carbocycles. The zero-order valence-corrected chi connectivity index (χ0v) is 39.3. The molecule has 0 saturated heterocycles. The van der Waals surface area contributed by atoms with Crippen molar-refractivity contribution >= 4 is 97.9 Å². The van der Waals surface area contributed by atoms with Crippen LogP contribution in [0.1, 0.15) is 243 Å². The van der Waals surface area contributed by atoms with Crippen LogP contribution < -0.4 is 0 Å². The minimum absolute atomic E-state index is 0.0353. The second-order valence-corrected chi connectivity index (χ2v) is 31.8. The van der Waals surface area contributed by atoms with Crippen molar-refractivity contribution in [2.24, 2.45) is 17.8 Å². The lowest BCUT2D eigenvalue weighted by Gasteiger charge is -2.65. The lowest BCUT2D eigenvalue weighted by Crippen LogP contribution is -2.62. The zero-order chi connectivity index (χ0) is 42.3. The van der Waals surface area contributed by atoms with Crippen molar-refractivity contribution in [3.05, 3.63) is 141 Å². The molecule has 71 heavy (non-hydrogen) atoms. The predicted octanol–water partition coefficient (Wildman–Crippen LogP) is 15.7. The summed E-state index contributed by atoms with van der Waals surface area (Å²) in [5.74, 6) is 14.1. The molecule has 1 aliphatic heterocycles. The van der Waals surface area contributed by atoms with Crippen LogP contribution in [0.5, 0.6) is 0 Å². The highest BCUT2D eigenvalue weighted by molar-refractivity contribution is 8.00. The average molecular weight is 905 g/mol. The molecule has 0 radical (unpaired) electrons. The van der Waals surface area contributed by atoms with Crippen LogP contribution in [0, 0.1) is 17.8 Å². The first-order valence-electron chi connectivity index (χ1n) is 29.3. The number of thioether (sulfide) groups is 1. The third kappa shape index (κ3) is 1.62. The number of hydrogen-bond acceptors (Lipinski definition) is 1. The van der Waals surface area contributed by atoms with Gasteiger partial charge >= 0.3 is 0 Å². The first kappa shape index (κ1) is 28.8. The standard InChI is InChI=1S/C70H32S/c1-7(2)5-8-3-4-10-9(6-8)69-65-57-49-39-29-21-13-11-12-15-19-17(13)25-33-27(19)37-31-23(15)24-16(12)20-18-14(11)22(21)30-36-26(18)34-28(20)38-32(24)42-41(31)53-47(37)55-45(33)51(43(49)35(25)29)59(65)61(55)67-63(53)64-54(42)48(38)56-46(34)52-44(36)50(40(30)39)58(57)66(69)60(52)62(56)68(64)70(67,69)71-10/h3-4,6-7,13,15,17,19,21,23,29,31,39-42,50,54,58,60,62,64,66,68H,5H2,1-2H3. The van der Waals surface area contributed by atoms with Crippen LogP contribution in [-0.2, 0) is 16.6 Å². The predicted molar refractivity (Wildman–Crippen MR) is 275 cm³/mol. The average Bonchev–Trinajstić information content (AvgIpc) is 4.35. The van der Waals surface area contributed by atoms with Gasteiger partial charge in [-0.1, -0.05) is 26.0 Å². The molecule has 1 heteroatoms. The summed E-state index contributed by atoms with van der Waals surface area (Å²) in [6, 6.07) is 8.42. The molecule has 23 aliphatic rings. The first-order chi connectivity index (χ1) is 35.2. The number of rotatable bonds is 2. The van der Waals surface area contributed by atoms with Crippen molar-refractivity contribution in [1.82, 2.24) is 0 Å². The summed E-state index contributed by atoms with van der Waals surface area (Å²) in [6.07, 6.45) is 1.21. The molecule has 34 rings (SSSR count). The van der Waals surface area contributed by atoms with Crippen molar-refractivity contribution < 1.29 is 0 Å². The highest BCUT2D eigenvalue weighted by atomic mass is 32.2. The van der Waals surface area contributed by atoms with Gasteiger partial charge in [0.05, 0.1) is 4.75 Å². The number of benzene rings is 10. The minimum atomic E-state index is 0.0353. The molecule has 1 heterocycles. The van der Waals surface area contributed by atoms with Crippen LogP contribution in [-0.4, -0.2) is 0 Å². The maximum absolute atomic E-state index is 2.98. The normalized spacial score (nSPS) is 47.5. The van der Waals surface area contributed by atoms with Crippen LogP contribution in [0.2, 0.25) is 0 Å². The van der Waals surface area contributed by atoms with E-state index in [0.29, 0.717) is 124 Å². The molecule has 0 amide bonds. The Morgan fingerprint density at radius 3 is 1.13 bits per heavy atom. The highest BCUT2D eigenvalue weighted by Gasteiger charge is 2.89. The first-order valence-corrected chi connectivity index (χ1v) is 30.1. The Labute approximate surface area is 406 Å². The van der Waals surface area contributed by atoms with Gasteiger partial charge in [0.25, 0.3) is 0 Å². The van der Waals surface area contributed by atoms with Gasteiger partial charge in [0.2, 0.25) is 0 Å². The lowest BCUT2D eigenvalue weighted by molar-refractivity contribution is 0.0341. The van der Waals surface area contributed by atoms with Gasteiger partial charge in [0.15, 0.2) is 0 Å². The Hall–Kier alpha value is -5.37. The lowest BCUT2D eigenvalue weighted by atomic mass is 9.39. The van der Waals surface area contributed by atoms with E-state index in [1.165, 1.54) is 6.42 Å². The second-order valence-electron chi connectivity index (χ2n) is 30.5. The summed E-state index contributed by atoms with van der Waals surface area (Å²) < 4.78 is 0.0688. The van der Waals surface area contributed by atoms with Crippen LogP contribution in [0.25, 0.3) is 97.3 Å². The van der Waals surface area contributed by atoms with E-state index < -0.39 is 0 Å². The molecule has 11 aromatic rings. The summed E-state index contributed by atoms with van der Waals surface area (Å²) in [4.78, 5) is 1.74. The molecule has 22 unspecified atom stereocenters. The molecule has 1 saturated carbocycles. The summed E-state index contributed by atoms with van der Waals surface area (Å²) in [5, 5.41) is 30.8. The van der Waals surface area contributed by atoms with Crippen LogP contribution in [0.4, 0.5) is 0 Å². The van der Waals surface area contributed by atoms with Crippen LogP contribution >= 0.6 is 11.8 Å². The van der Waals surface area contributed by atoms with Crippen molar-refractivity contribution in [3.8, 4) is 11.1 Å². The Kier molecular flexibility index (Phi) is 2.71. The summed E-state index contributed by atoms with van der Waals surface area (Å²) in [7, 11) is 0. The van der Waals surface area contributed by atoms with E-state index in [1.54, 1.807) is 10.5 Å². The van der Waals surface area contributed by atoms with Crippen LogP contribution in [0.3, 0.4) is 0 Å². The molecular formula is C70H32S. The molecule has 22 atom stereocenters. The third-order valence-corrected chi connectivity index (χ3v) is 32.6. The molecule has 0 aromatic heterocycles. The van der Waals surface area contributed by atoms with Crippen LogP contribution in [0.15, 0.2) is 23.1 Å². The fourth-order valence-corrected chi connectivity index (χ4v) is 34.5. The van der Waals surface area contributed by atoms with Gasteiger partial charge < -0.3 is 0 Å². The van der Waals surface area contributed by atoms with Gasteiger partial charge in [-0.25, -0.2) is 0 Å². The largest absolute Gasteiger partial charge is 0.112 e. The molecule has 318 valence electrons. The maximum atomic E-state index is 2.98. The highest BCUT2D eigenvalue weighted by Crippen LogP contribution is 3.01. The second kappa shape index (κ2) is 6.70. The molecular weight excluding hydrogens is 873 g/mol. The van der Waals surface area contributed by atoms with Gasteiger partial charge in [0, 0.05) is 10.3 Å². The Balaban J connectivity index is 1.01. The fourth-order valence-electron chi connectivity index (χ4n) is 32.4. The molecule has 2 spiro atoms. The Bertz CT molecular complexity index is 5500. The quantitative estimate of drug-likeness (QED) is 0.156. The monoisotopic (exact) mass is 904 g/mol. The van der Waals surface area contributed by atoms with Gasteiger partial charge in [-0.2, -0.15) is 0 Å². The van der Waals surface area contributed by atoms with Gasteiger partial charge in [0.1, 0.15) is 0 Å². The molecule has 11 aromatic carbocycles. The number of hydrogen-bond donors (Lipinski definition) is 0. The van der Waals surface area contributed by atoms with E-state index in [1.807, 2.05) is 203 Å². The molecule has 0 nitrogen and oxygen atoms in total. The van der Waals surface area contributed by atoms with E-state index in [2.05, 4.69) is 54.9 Å². The van der Waals surface area contributed by atoms with E-state index >= 15 is 0 Å². The van der Waals surface area contributed by atoms with Gasteiger partial charge in [-0.15, -0.1) is 11.8 Å². The van der Waals surface area contributed by atoms with Crippen molar-refractivity contribution in [3.63, 3.8) is 0 Å². The third-order valence-electron chi connectivity index (χ3n) is 30.9. The Morgan fingerprint density at radius 1 is 0.352 bits per heavy atom. The summed E-state index contributed by atoms with van der Waals surface area (Å²) in [6.45, 7) is 4.99. The molecule has 0 N–H and O–H groups in total. The Morgan fingerprint density at radius 2 is 0.676 bits per heavy atom.